The van der Waals surface area contributed by atoms with Crippen LogP contribution < -0.4 is 5.73 Å². The fourth-order valence-electron chi connectivity index (χ4n) is 2.10. The van der Waals surface area contributed by atoms with Crippen LogP contribution in [0.3, 0.4) is 0 Å². The van der Waals surface area contributed by atoms with Gasteiger partial charge in [0.05, 0.1) is 23.0 Å². The first-order chi connectivity index (χ1) is 8.71. The van der Waals surface area contributed by atoms with Crippen LogP contribution in [0.2, 0.25) is 0 Å². The molecule has 0 saturated carbocycles. The molecule has 19 heavy (non-hydrogen) atoms. The third-order valence-corrected chi connectivity index (χ3v) is 2.86. The number of rotatable bonds is 1. The quantitative estimate of drug-likeness (QED) is 0.831. The molecule has 2 rings (SSSR count). The summed E-state index contributed by atoms with van der Waals surface area (Å²) in [5, 5.41) is 11.8. The van der Waals surface area contributed by atoms with E-state index in [2.05, 4.69) is 15.4 Å². The van der Waals surface area contributed by atoms with Crippen molar-refractivity contribution in [1.82, 2.24) is 24.8 Å². The van der Waals surface area contributed by atoms with Gasteiger partial charge in [0.2, 0.25) is 0 Å². The summed E-state index contributed by atoms with van der Waals surface area (Å²) in [5.41, 5.74) is 7.32. The molecule has 0 unspecified atom stereocenters. The van der Waals surface area contributed by atoms with E-state index in [0.717, 1.165) is 10.4 Å². The van der Waals surface area contributed by atoms with Gasteiger partial charge in [-0.05, 0) is 34.6 Å². The van der Waals surface area contributed by atoms with Crippen LogP contribution in [-0.2, 0) is 5.54 Å². The predicted octanol–water partition coefficient (Wildman–Crippen LogP) is 1.12. The molecule has 0 bridgehead atoms. The molecule has 2 heterocycles. The van der Waals surface area contributed by atoms with Crippen LogP contribution in [-0.4, -0.2) is 30.7 Å². The van der Waals surface area contributed by atoms with Gasteiger partial charge in [0.15, 0.2) is 5.82 Å². The highest BCUT2D eigenvalue weighted by Gasteiger charge is 2.25. The van der Waals surface area contributed by atoms with Gasteiger partial charge in [-0.3, -0.25) is 9.48 Å². The summed E-state index contributed by atoms with van der Waals surface area (Å²) in [5.74, 6) is -0.0541. The summed E-state index contributed by atoms with van der Waals surface area (Å²) in [6.07, 6.45) is 1.40. The molecule has 0 atom stereocenters. The van der Waals surface area contributed by atoms with Gasteiger partial charge in [0, 0.05) is 5.69 Å². The Morgan fingerprint density at radius 3 is 2.37 bits per heavy atom. The van der Waals surface area contributed by atoms with Gasteiger partial charge < -0.3 is 5.73 Å². The summed E-state index contributed by atoms with van der Waals surface area (Å²) in [6, 6.07) is 0. The predicted molar refractivity (Wildman–Crippen MR) is 70.9 cm³/mol. The van der Waals surface area contributed by atoms with E-state index >= 15 is 0 Å². The highest BCUT2D eigenvalue weighted by molar-refractivity contribution is 5.97. The third-order valence-electron chi connectivity index (χ3n) is 2.86. The molecule has 0 saturated heterocycles. The zero-order valence-corrected chi connectivity index (χ0v) is 11.8. The Morgan fingerprint density at radius 1 is 1.32 bits per heavy atom. The van der Waals surface area contributed by atoms with Crippen LogP contribution in [0.1, 0.15) is 42.5 Å². The first kappa shape index (κ1) is 13.3. The van der Waals surface area contributed by atoms with Crippen molar-refractivity contribution in [2.45, 2.75) is 40.2 Å². The Balaban J connectivity index is 2.52. The van der Waals surface area contributed by atoms with Crippen molar-refractivity contribution in [1.29, 1.82) is 0 Å². The molecule has 7 nitrogen and oxygen atoms in total. The smallest absolute Gasteiger partial charge is 0.283 e. The number of hydrogen-bond donors (Lipinski definition) is 1. The number of nitrogens with zero attached hydrogens (tertiary/aromatic N) is 5. The average Bonchev–Trinajstić information content (AvgIpc) is 2.82. The SMILES string of the molecule is Cc1nn(C(C)(C)C)c(C)c1C(=O)n1cc(N)nn1. The van der Waals surface area contributed by atoms with Crippen LogP contribution in [0, 0.1) is 13.8 Å². The normalized spacial score (nSPS) is 11.8. The minimum atomic E-state index is -0.269. The maximum Gasteiger partial charge on any atom is 0.283 e. The molecule has 0 fully saturated rings. The molecule has 0 radical (unpaired) electrons. The molecule has 0 aliphatic carbocycles. The van der Waals surface area contributed by atoms with Crippen LogP contribution >= 0.6 is 0 Å². The summed E-state index contributed by atoms with van der Waals surface area (Å²) in [4.78, 5) is 12.4. The third kappa shape index (κ3) is 2.23. The molecule has 0 aliphatic rings. The Kier molecular flexibility index (Phi) is 2.92. The van der Waals surface area contributed by atoms with E-state index in [-0.39, 0.29) is 17.3 Å². The molecule has 0 spiro atoms. The van der Waals surface area contributed by atoms with Crippen molar-refractivity contribution >= 4 is 11.7 Å². The number of nitrogen functional groups attached to an aromatic ring is 1. The molecular formula is C12H18N6O. The van der Waals surface area contributed by atoms with Crippen molar-refractivity contribution in [3.63, 3.8) is 0 Å². The Hall–Kier alpha value is -2.18. The van der Waals surface area contributed by atoms with E-state index in [1.807, 2.05) is 39.3 Å². The van der Waals surface area contributed by atoms with E-state index in [4.69, 9.17) is 5.73 Å². The molecular weight excluding hydrogens is 244 g/mol. The minimum Gasteiger partial charge on any atom is -0.381 e. The maximum atomic E-state index is 12.4. The monoisotopic (exact) mass is 262 g/mol. The standard InChI is InChI=1S/C12H18N6O/c1-7-10(8(2)18(15-7)12(3,4)5)11(19)17-6-9(13)14-16-17/h6H,13H2,1-5H3. The maximum absolute atomic E-state index is 12.4. The lowest BCUT2D eigenvalue weighted by atomic mass is 10.1. The van der Waals surface area contributed by atoms with Crippen molar-refractivity contribution in [3.05, 3.63) is 23.1 Å². The second kappa shape index (κ2) is 4.18. The van der Waals surface area contributed by atoms with Crippen molar-refractivity contribution in [3.8, 4) is 0 Å². The second-order valence-corrected chi connectivity index (χ2v) is 5.52. The lowest BCUT2D eigenvalue weighted by Gasteiger charge is -2.21. The molecule has 2 aromatic rings. The number of aromatic nitrogens is 5. The van der Waals surface area contributed by atoms with Gasteiger partial charge in [-0.2, -0.15) is 9.78 Å². The van der Waals surface area contributed by atoms with E-state index in [9.17, 15) is 4.79 Å². The van der Waals surface area contributed by atoms with Crippen LogP contribution in [0.4, 0.5) is 5.82 Å². The fraction of sp³-hybridized carbons (Fsp3) is 0.500. The van der Waals surface area contributed by atoms with Crippen molar-refractivity contribution in [2.75, 3.05) is 5.73 Å². The number of aryl methyl sites for hydroxylation is 1. The number of hydrogen-bond acceptors (Lipinski definition) is 5. The lowest BCUT2D eigenvalue weighted by molar-refractivity contribution is 0.0941. The van der Waals surface area contributed by atoms with Gasteiger partial charge in [-0.25, -0.2) is 0 Å². The Labute approximate surface area is 111 Å². The van der Waals surface area contributed by atoms with Gasteiger partial charge in [-0.15, -0.1) is 5.10 Å². The number of carbonyl (C=O) groups excluding carboxylic acids is 1. The highest BCUT2D eigenvalue weighted by atomic mass is 16.2. The van der Waals surface area contributed by atoms with Crippen LogP contribution in [0.15, 0.2) is 6.20 Å². The average molecular weight is 262 g/mol. The number of anilines is 1. The Bertz CT molecular complexity index is 631. The first-order valence-electron chi connectivity index (χ1n) is 6.01. The summed E-state index contributed by atoms with van der Waals surface area (Å²) in [7, 11) is 0. The molecule has 0 aromatic carbocycles. The minimum absolute atomic E-state index is 0.186. The summed E-state index contributed by atoms with van der Waals surface area (Å²) in [6.45, 7) is 9.79. The van der Waals surface area contributed by atoms with Crippen LogP contribution in [0.25, 0.3) is 0 Å². The van der Waals surface area contributed by atoms with Gasteiger partial charge >= 0.3 is 0 Å². The molecule has 7 heteroatoms. The topological polar surface area (TPSA) is 91.6 Å². The largest absolute Gasteiger partial charge is 0.381 e. The summed E-state index contributed by atoms with van der Waals surface area (Å²) < 4.78 is 2.98. The van der Waals surface area contributed by atoms with E-state index in [1.54, 1.807) is 0 Å². The Morgan fingerprint density at radius 2 is 1.95 bits per heavy atom. The van der Waals surface area contributed by atoms with Gasteiger partial charge in [-0.1, -0.05) is 5.21 Å². The molecule has 102 valence electrons. The van der Waals surface area contributed by atoms with Crippen molar-refractivity contribution in [2.24, 2.45) is 0 Å². The zero-order chi connectivity index (χ0) is 14.4. The summed E-state index contributed by atoms with van der Waals surface area (Å²) >= 11 is 0. The van der Waals surface area contributed by atoms with E-state index in [0.29, 0.717) is 11.3 Å². The molecule has 2 aromatic heterocycles. The molecule has 0 aliphatic heterocycles. The first-order valence-corrected chi connectivity index (χ1v) is 6.01. The lowest BCUT2D eigenvalue weighted by Crippen LogP contribution is -2.25. The van der Waals surface area contributed by atoms with Crippen molar-refractivity contribution < 1.29 is 4.79 Å². The van der Waals surface area contributed by atoms with Gasteiger partial charge in [0.25, 0.3) is 5.91 Å². The zero-order valence-electron chi connectivity index (χ0n) is 11.8. The second-order valence-electron chi connectivity index (χ2n) is 5.52. The number of nitrogens with two attached hydrogens (primary N) is 1. The van der Waals surface area contributed by atoms with E-state index in [1.165, 1.54) is 6.20 Å². The number of carbonyl (C=O) groups is 1. The molecule has 0 amide bonds. The van der Waals surface area contributed by atoms with Crippen LogP contribution in [0.5, 0.6) is 0 Å². The molecule has 2 N–H and O–H groups in total. The van der Waals surface area contributed by atoms with Gasteiger partial charge in [0.1, 0.15) is 0 Å². The fourth-order valence-corrected chi connectivity index (χ4v) is 2.10. The highest BCUT2D eigenvalue weighted by Crippen LogP contribution is 2.22. The van der Waals surface area contributed by atoms with E-state index < -0.39 is 0 Å².